The molecule has 0 saturated carbocycles. The molecule has 4 heteroatoms. The van der Waals surface area contributed by atoms with Gasteiger partial charge in [0.05, 0.1) is 16.6 Å². The maximum Gasteiger partial charge on any atom is 0.0929 e. The van der Waals surface area contributed by atoms with E-state index in [1.165, 1.54) is 56.7 Å². The second-order valence-electron chi connectivity index (χ2n) is 4.73. The first kappa shape index (κ1) is 13.3. The number of rotatable bonds is 5. The highest BCUT2D eigenvalue weighted by atomic mass is 35.5. The number of aryl methyl sites for hydroxylation is 1. The van der Waals surface area contributed by atoms with Crippen molar-refractivity contribution in [2.75, 3.05) is 19.6 Å². The van der Waals surface area contributed by atoms with Crippen LogP contribution in [0.25, 0.3) is 0 Å². The number of hydrogen-bond donors (Lipinski definition) is 0. The second kappa shape index (κ2) is 7.34. The lowest BCUT2D eigenvalue weighted by atomic mass is 10.2. The zero-order valence-corrected chi connectivity index (χ0v) is 11.9. The van der Waals surface area contributed by atoms with Crippen LogP contribution in [0.1, 0.15) is 42.8 Å². The molecule has 1 fully saturated rings. The van der Waals surface area contributed by atoms with Crippen LogP contribution in [-0.2, 0) is 12.3 Å². The van der Waals surface area contributed by atoms with Gasteiger partial charge in [-0.3, -0.25) is 0 Å². The lowest BCUT2D eigenvalue weighted by Crippen LogP contribution is -2.26. The summed E-state index contributed by atoms with van der Waals surface area (Å²) in [5.74, 6) is 0.544. The molecule has 0 unspecified atom stereocenters. The Balaban J connectivity index is 1.67. The Morgan fingerprint density at radius 1 is 1.24 bits per heavy atom. The summed E-state index contributed by atoms with van der Waals surface area (Å²) in [4.78, 5) is 7.11. The average molecular weight is 273 g/mol. The summed E-state index contributed by atoms with van der Waals surface area (Å²) in [5.41, 5.74) is 1.03. The van der Waals surface area contributed by atoms with E-state index in [9.17, 15) is 0 Å². The third kappa shape index (κ3) is 4.57. The minimum Gasteiger partial charge on any atom is -0.303 e. The number of aromatic nitrogens is 1. The normalized spacial score (nSPS) is 18.2. The van der Waals surface area contributed by atoms with Crippen molar-refractivity contribution in [1.82, 2.24) is 9.88 Å². The minimum absolute atomic E-state index is 0.544. The van der Waals surface area contributed by atoms with Crippen molar-refractivity contribution in [2.45, 2.75) is 44.4 Å². The molecule has 1 aromatic heterocycles. The van der Waals surface area contributed by atoms with E-state index in [0.717, 1.165) is 12.1 Å². The van der Waals surface area contributed by atoms with E-state index in [1.807, 2.05) is 0 Å². The van der Waals surface area contributed by atoms with Crippen LogP contribution >= 0.6 is 22.9 Å². The molecule has 2 heterocycles. The van der Waals surface area contributed by atoms with Gasteiger partial charge < -0.3 is 4.90 Å². The number of likely N-dealkylation sites (tertiary alicyclic amines) is 1. The molecule has 17 heavy (non-hydrogen) atoms. The SMILES string of the molecule is ClCc1csc(CCCN2CCCCCC2)n1. The van der Waals surface area contributed by atoms with Crippen molar-refractivity contribution in [3.05, 3.63) is 16.1 Å². The van der Waals surface area contributed by atoms with E-state index in [1.54, 1.807) is 11.3 Å². The molecule has 96 valence electrons. The van der Waals surface area contributed by atoms with Gasteiger partial charge in [0, 0.05) is 11.8 Å². The molecule has 1 aromatic rings. The van der Waals surface area contributed by atoms with Gasteiger partial charge in [-0.2, -0.15) is 0 Å². The van der Waals surface area contributed by atoms with Crippen molar-refractivity contribution in [2.24, 2.45) is 0 Å². The average Bonchev–Trinajstić information content (AvgIpc) is 2.65. The summed E-state index contributed by atoms with van der Waals surface area (Å²) >= 11 is 7.50. The third-order valence-electron chi connectivity index (χ3n) is 3.30. The van der Waals surface area contributed by atoms with E-state index < -0.39 is 0 Å². The first-order valence-corrected chi connectivity index (χ1v) is 8.01. The largest absolute Gasteiger partial charge is 0.303 e. The molecule has 0 bridgehead atoms. The van der Waals surface area contributed by atoms with Crippen LogP contribution in [0.2, 0.25) is 0 Å². The Kier molecular flexibility index (Phi) is 5.75. The lowest BCUT2D eigenvalue weighted by molar-refractivity contribution is 0.281. The van der Waals surface area contributed by atoms with Crippen LogP contribution in [0.4, 0.5) is 0 Å². The molecule has 0 radical (unpaired) electrons. The summed E-state index contributed by atoms with van der Waals surface area (Å²) in [6.07, 6.45) is 7.94. The molecule has 2 nitrogen and oxygen atoms in total. The Labute approximate surface area is 113 Å². The number of alkyl halides is 1. The first-order valence-electron chi connectivity index (χ1n) is 6.60. The van der Waals surface area contributed by atoms with Crippen LogP contribution in [0.5, 0.6) is 0 Å². The quantitative estimate of drug-likeness (QED) is 0.760. The van der Waals surface area contributed by atoms with Crippen molar-refractivity contribution in [3.8, 4) is 0 Å². The topological polar surface area (TPSA) is 16.1 Å². The summed E-state index contributed by atoms with van der Waals surface area (Å²) in [5, 5.41) is 3.32. The molecular formula is C13H21ClN2S. The van der Waals surface area contributed by atoms with Gasteiger partial charge in [-0.25, -0.2) is 4.98 Å². The molecular weight excluding hydrogens is 252 g/mol. The molecule has 0 aliphatic carbocycles. The Hall–Kier alpha value is -0.120. The van der Waals surface area contributed by atoms with Gasteiger partial charge in [-0.15, -0.1) is 22.9 Å². The zero-order chi connectivity index (χ0) is 11.9. The van der Waals surface area contributed by atoms with Crippen LogP contribution in [-0.4, -0.2) is 29.5 Å². The lowest BCUT2D eigenvalue weighted by Gasteiger charge is -2.18. The highest BCUT2D eigenvalue weighted by molar-refractivity contribution is 7.09. The summed E-state index contributed by atoms with van der Waals surface area (Å²) in [6.45, 7) is 3.82. The maximum atomic E-state index is 5.75. The van der Waals surface area contributed by atoms with E-state index >= 15 is 0 Å². The molecule has 0 aromatic carbocycles. The number of halogens is 1. The van der Waals surface area contributed by atoms with Gasteiger partial charge in [0.2, 0.25) is 0 Å². The molecule has 0 atom stereocenters. The summed E-state index contributed by atoms with van der Waals surface area (Å²) in [7, 11) is 0. The smallest absolute Gasteiger partial charge is 0.0929 e. The van der Waals surface area contributed by atoms with Crippen molar-refractivity contribution in [1.29, 1.82) is 0 Å². The standard InChI is InChI=1S/C13H21ClN2S/c14-10-12-11-17-13(15-12)6-5-9-16-7-3-1-2-4-8-16/h11H,1-10H2. The predicted molar refractivity (Wildman–Crippen MR) is 74.9 cm³/mol. The van der Waals surface area contributed by atoms with Crippen LogP contribution < -0.4 is 0 Å². The molecule has 1 aliphatic rings. The predicted octanol–water partition coefficient (Wildman–Crippen LogP) is 3.69. The number of thiazole rings is 1. The Bertz CT molecular complexity index is 319. The Morgan fingerprint density at radius 3 is 2.65 bits per heavy atom. The zero-order valence-electron chi connectivity index (χ0n) is 10.3. The van der Waals surface area contributed by atoms with Gasteiger partial charge in [-0.05, 0) is 38.9 Å². The summed E-state index contributed by atoms with van der Waals surface area (Å²) < 4.78 is 0. The maximum absolute atomic E-state index is 5.75. The first-order chi connectivity index (χ1) is 8.38. The minimum atomic E-state index is 0.544. The number of hydrogen-bond acceptors (Lipinski definition) is 3. The molecule has 0 spiro atoms. The molecule has 2 rings (SSSR count). The molecule has 1 saturated heterocycles. The van der Waals surface area contributed by atoms with Crippen LogP contribution in [0, 0.1) is 0 Å². The monoisotopic (exact) mass is 272 g/mol. The molecule has 0 amide bonds. The van der Waals surface area contributed by atoms with Gasteiger partial charge in [0.1, 0.15) is 0 Å². The van der Waals surface area contributed by atoms with Gasteiger partial charge in [0.25, 0.3) is 0 Å². The fraction of sp³-hybridized carbons (Fsp3) is 0.769. The number of nitrogens with zero attached hydrogens (tertiary/aromatic N) is 2. The van der Waals surface area contributed by atoms with E-state index in [4.69, 9.17) is 11.6 Å². The van der Waals surface area contributed by atoms with E-state index in [-0.39, 0.29) is 0 Å². The third-order valence-corrected chi connectivity index (χ3v) is 4.53. The van der Waals surface area contributed by atoms with Crippen LogP contribution in [0.3, 0.4) is 0 Å². The molecule has 0 N–H and O–H groups in total. The van der Waals surface area contributed by atoms with Crippen molar-refractivity contribution in [3.63, 3.8) is 0 Å². The highest BCUT2D eigenvalue weighted by Crippen LogP contribution is 2.15. The van der Waals surface area contributed by atoms with E-state index in [2.05, 4.69) is 15.3 Å². The van der Waals surface area contributed by atoms with E-state index in [0.29, 0.717) is 5.88 Å². The molecule has 1 aliphatic heterocycles. The van der Waals surface area contributed by atoms with Crippen molar-refractivity contribution < 1.29 is 0 Å². The summed E-state index contributed by atoms with van der Waals surface area (Å²) in [6, 6.07) is 0. The highest BCUT2D eigenvalue weighted by Gasteiger charge is 2.09. The van der Waals surface area contributed by atoms with Crippen molar-refractivity contribution >= 4 is 22.9 Å². The fourth-order valence-electron chi connectivity index (χ4n) is 2.34. The Morgan fingerprint density at radius 2 is 2.00 bits per heavy atom. The van der Waals surface area contributed by atoms with Crippen LogP contribution in [0.15, 0.2) is 5.38 Å². The van der Waals surface area contributed by atoms with Gasteiger partial charge >= 0.3 is 0 Å². The fourth-order valence-corrected chi connectivity index (χ4v) is 3.41. The van der Waals surface area contributed by atoms with Gasteiger partial charge in [-0.1, -0.05) is 12.8 Å². The van der Waals surface area contributed by atoms with Gasteiger partial charge in [0.15, 0.2) is 0 Å². The second-order valence-corrected chi connectivity index (χ2v) is 5.94.